The van der Waals surface area contributed by atoms with Crippen LogP contribution in [0, 0.1) is 5.41 Å². The molecule has 0 bridgehead atoms. The van der Waals surface area contributed by atoms with Crippen LogP contribution in [-0.2, 0) is 11.2 Å². The molecule has 2 aromatic carbocycles. The molecule has 0 amide bonds. The highest BCUT2D eigenvalue weighted by Crippen LogP contribution is 2.49. The van der Waals surface area contributed by atoms with Crippen molar-refractivity contribution in [2.45, 2.75) is 31.7 Å². The number of hydrogen-bond acceptors (Lipinski definition) is 2. The third kappa shape index (κ3) is 3.20. The summed E-state index contributed by atoms with van der Waals surface area (Å²) >= 11 is 0. The standard InChI is InChI=1S/C19H21NO2/c20-17(13-19(10-11-19)18(21)22)12-14-6-8-16(9-7-14)15-4-2-1-3-5-15/h1-9,17H,10-13,20H2,(H,21,22). The Morgan fingerprint density at radius 2 is 1.64 bits per heavy atom. The quantitative estimate of drug-likeness (QED) is 0.857. The lowest BCUT2D eigenvalue weighted by atomic mass is 9.93. The van der Waals surface area contributed by atoms with Crippen LogP contribution in [0.5, 0.6) is 0 Å². The molecule has 114 valence electrons. The summed E-state index contributed by atoms with van der Waals surface area (Å²) in [5.74, 6) is -0.692. The van der Waals surface area contributed by atoms with E-state index in [-0.39, 0.29) is 6.04 Å². The minimum atomic E-state index is -0.692. The summed E-state index contributed by atoms with van der Waals surface area (Å²) < 4.78 is 0. The van der Waals surface area contributed by atoms with Gasteiger partial charge in [0, 0.05) is 6.04 Å². The van der Waals surface area contributed by atoms with Gasteiger partial charge in [-0.3, -0.25) is 4.79 Å². The Bertz CT molecular complexity index is 645. The number of carboxylic acids is 1. The molecule has 3 nitrogen and oxygen atoms in total. The number of carboxylic acid groups (broad SMARTS) is 1. The number of benzene rings is 2. The minimum absolute atomic E-state index is 0.0961. The van der Waals surface area contributed by atoms with Crippen molar-refractivity contribution in [3.63, 3.8) is 0 Å². The summed E-state index contributed by atoms with van der Waals surface area (Å²) in [5.41, 5.74) is 9.16. The molecule has 22 heavy (non-hydrogen) atoms. The van der Waals surface area contributed by atoms with Gasteiger partial charge in [-0.1, -0.05) is 54.6 Å². The topological polar surface area (TPSA) is 63.3 Å². The van der Waals surface area contributed by atoms with E-state index in [1.807, 2.05) is 18.2 Å². The molecule has 1 saturated carbocycles. The summed E-state index contributed by atoms with van der Waals surface area (Å²) in [6.45, 7) is 0. The Morgan fingerprint density at radius 3 is 2.18 bits per heavy atom. The predicted octanol–water partition coefficient (Wildman–Crippen LogP) is 3.48. The highest BCUT2D eigenvalue weighted by atomic mass is 16.4. The summed E-state index contributed by atoms with van der Waals surface area (Å²) in [6.07, 6.45) is 2.83. The third-order valence-electron chi connectivity index (χ3n) is 4.52. The third-order valence-corrected chi connectivity index (χ3v) is 4.52. The van der Waals surface area contributed by atoms with Gasteiger partial charge in [-0.15, -0.1) is 0 Å². The van der Waals surface area contributed by atoms with Crippen LogP contribution < -0.4 is 5.73 Å². The van der Waals surface area contributed by atoms with Crippen LogP contribution in [0.1, 0.15) is 24.8 Å². The van der Waals surface area contributed by atoms with Crippen molar-refractivity contribution in [3.05, 3.63) is 60.2 Å². The molecule has 0 radical (unpaired) electrons. The summed E-state index contributed by atoms with van der Waals surface area (Å²) in [4.78, 5) is 11.2. The SMILES string of the molecule is NC(Cc1ccc(-c2ccccc2)cc1)CC1(C(=O)O)CC1. The first-order valence-corrected chi connectivity index (χ1v) is 7.72. The molecule has 3 N–H and O–H groups in total. The van der Waals surface area contributed by atoms with Crippen LogP contribution in [0.3, 0.4) is 0 Å². The largest absolute Gasteiger partial charge is 0.481 e. The molecule has 0 aliphatic heterocycles. The second-order valence-electron chi connectivity index (χ2n) is 6.32. The molecule has 1 fully saturated rings. The normalized spacial score (nSPS) is 17.0. The van der Waals surface area contributed by atoms with Crippen LogP contribution in [0.4, 0.5) is 0 Å². The molecule has 0 heterocycles. The van der Waals surface area contributed by atoms with Crippen molar-refractivity contribution in [2.75, 3.05) is 0 Å². The van der Waals surface area contributed by atoms with E-state index in [0.29, 0.717) is 6.42 Å². The Kier molecular flexibility index (Phi) is 3.99. The van der Waals surface area contributed by atoms with E-state index in [2.05, 4.69) is 36.4 Å². The Labute approximate surface area is 130 Å². The first-order valence-electron chi connectivity index (χ1n) is 7.72. The maximum absolute atomic E-state index is 11.2. The fourth-order valence-corrected chi connectivity index (χ4v) is 3.00. The van der Waals surface area contributed by atoms with Crippen LogP contribution in [0.25, 0.3) is 11.1 Å². The van der Waals surface area contributed by atoms with Crippen molar-refractivity contribution in [2.24, 2.45) is 11.1 Å². The van der Waals surface area contributed by atoms with Crippen LogP contribution in [-0.4, -0.2) is 17.1 Å². The average molecular weight is 295 g/mol. The van der Waals surface area contributed by atoms with E-state index in [1.165, 1.54) is 11.1 Å². The van der Waals surface area contributed by atoms with Gasteiger partial charge in [-0.05, 0) is 42.4 Å². The number of rotatable bonds is 6. The summed E-state index contributed by atoms with van der Waals surface area (Å²) in [6, 6.07) is 18.5. The number of aliphatic carboxylic acids is 1. The second-order valence-corrected chi connectivity index (χ2v) is 6.32. The Balaban J connectivity index is 1.63. The van der Waals surface area contributed by atoms with Gasteiger partial charge in [0.15, 0.2) is 0 Å². The van der Waals surface area contributed by atoms with Crippen molar-refractivity contribution in [3.8, 4) is 11.1 Å². The molecule has 1 unspecified atom stereocenters. The lowest BCUT2D eigenvalue weighted by molar-refractivity contribution is -0.143. The van der Waals surface area contributed by atoms with Gasteiger partial charge in [0.25, 0.3) is 0 Å². The van der Waals surface area contributed by atoms with E-state index < -0.39 is 11.4 Å². The monoisotopic (exact) mass is 295 g/mol. The first-order chi connectivity index (χ1) is 10.6. The molecular formula is C19H21NO2. The highest BCUT2D eigenvalue weighted by Gasteiger charge is 2.50. The van der Waals surface area contributed by atoms with Gasteiger partial charge in [0.05, 0.1) is 5.41 Å². The Morgan fingerprint density at radius 1 is 1.05 bits per heavy atom. The lowest BCUT2D eigenvalue weighted by Gasteiger charge is -2.16. The van der Waals surface area contributed by atoms with E-state index in [4.69, 9.17) is 5.73 Å². The van der Waals surface area contributed by atoms with Gasteiger partial charge in [0.1, 0.15) is 0 Å². The van der Waals surface area contributed by atoms with Gasteiger partial charge in [-0.2, -0.15) is 0 Å². The second kappa shape index (κ2) is 5.93. The zero-order valence-corrected chi connectivity index (χ0v) is 12.5. The van der Waals surface area contributed by atoms with E-state index in [0.717, 1.165) is 24.8 Å². The molecular weight excluding hydrogens is 274 g/mol. The number of nitrogens with two attached hydrogens (primary N) is 1. The fourth-order valence-electron chi connectivity index (χ4n) is 3.00. The molecule has 0 aromatic heterocycles. The summed E-state index contributed by atoms with van der Waals surface area (Å²) in [7, 11) is 0. The molecule has 3 rings (SSSR count). The minimum Gasteiger partial charge on any atom is -0.481 e. The van der Waals surface area contributed by atoms with Gasteiger partial charge < -0.3 is 10.8 Å². The zero-order valence-electron chi connectivity index (χ0n) is 12.5. The lowest BCUT2D eigenvalue weighted by Crippen LogP contribution is -2.30. The highest BCUT2D eigenvalue weighted by molar-refractivity contribution is 5.77. The van der Waals surface area contributed by atoms with Gasteiger partial charge in [0.2, 0.25) is 0 Å². The fraction of sp³-hybridized carbons (Fsp3) is 0.316. The maximum Gasteiger partial charge on any atom is 0.309 e. The van der Waals surface area contributed by atoms with Gasteiger partial charge >= 0.3 is 5.97 Å². The van der Waals surface area contributed by atoms with Crippen molar-refractivity contribution in [1.29, 1.82) is 0 Å². The Hall–Kier alpha value is -2.13. The molecule has 1 aliphatic carbocycles. The van der Waals surface area contributed by atoms with Gasteiger partial charge in [-0.25, -0.2) is 0 Å². The number of carbonyl (C=O) groups is 1. The zero-order chi connectivity index (χ0) is 15.6. The van der Waals surface area contributed by atoms with Crippen molar-refractivity contribution < 1.29 is 9.90 Å². The smallest absolute Gasteiger partial charge is 0.309 e. The van der Waals surface area contributed by atoms with Crippen LogP contribution in [0.2, 0.25) is 0 Å². The molecule has 0 saturated heterocycles. The maximum atomic E-state index is 11.2. The van der Waals surface area contributed by atoms with Crippen molar-refractivity contribution >= 4 is 5.97 Å². The first kappa shape index (κ1) is 14.8. The van der Waals surface area contributed by atoms with Crippen LogP contribution in [0.15, 0.2) is 54.6 Å². The molecule has 1 atom stereocenters. The molecule has 1 aliphatic rings. The van der Waals surface area contributed by atoms with E-state index >= 15 is 0 Å². The van der Waals surface area contributed by atoms with Crippen LogP contribution >= 0.6 is 0 Å². The molecule has 0 spiro atoms. The molecule has 3 heteroatoms. The van der Waals surface area contributed by atoms with E-state index in [1.54, 1.807) is 0 Å². The number of hydrogen-bond donors (Lipinski definition) is 2. The average Bonchev–Trinajstić information content (AvgIpc) is 3.30. The summed E-state index contributed by atoms with van der Waals surface area (Å²) in [5, 5.41) is 9.23. The van der Waals surface area contributed by atoms with Crippen molar-refractivity contribution in [1.82, 2.24) is 0 Å². The predicted molar refractivity (Wildman–Crippen MR) is 87.5 cm³/mol. The van der Waals surface area contributed by atoms with E-state index in [9.17, 15) is 9.90 Å². The molecule has 2 aromatic rings.